The predicted octanol–water partition coefficient (Wildman–Crippen LogP) is 4.56. The molecule has 0 bridgehead atoms. The van der Waals surface area contributed by atoms with Gasteiger partial charge in [-0.05, 0) is 43.0 Å². The summed E-state index contributed by atoms with van der Waals surface area (Å²) in [6.45, 7) is 7.77. The number of thiophene rings is 1. The van der Waals surface area contributed by atoms with E-state index in [9.17, 15) is 0 Å². The molecule has 3 rings (SSSR count). The molecule has 1 aromatic carbocycles. The topological polar surface area (TPSA) is 39.7 Å². The predicted molar refractivity (Wildman–Crippen MR) is 124 cm³/mol. The van der Waals surface area contributed by atoms with E-state index < -0.39 is 0 Å². The molecular formula is C20H27IN4S. The zero-order valence-electron chi connectivity index (χ0n) is 15.3. The number of guanidine groups is 1. The lowest BCUT2D eigenvalue weighted by atomic mass is 10.2. The van der Waals surface area contributed by atoms with E-state index in [0.29, 0.717) is 6.54 Å². The van der Waals surface area contributed by atoms with Gasteiger partial charge in [-0.2, -0.15) is 0 Å². The molecule has 0 saturated carbocycles. The maximum Gasteiger partial charge on any atom is 0.192 e. The van der Waals surface area contributed by atoms with Crippen molar-refractivity contribution >= 4 is 47.0 Å². The van der Waals surface area contributed by atoms with Crippen LogP contribution in [0.3, 0.4) is 0 Å². The molecule has 6 heteroatoms. The van der Waals surface area contributed by atoms with Gasteiger partial charge in [0.1, 0.15) is 0 Å². The zero-order chi connectivity index (χ0) is 17.5. The third-order valence-corrected chi connectivity index (χ3v) is 5.24. The maximum absolute atomic E-state index is 4.77. The van der Waals surface area contributed by atoms with Gasteiger partial charge in [0.05, 0.1) is 12.6 Å². The van der Waals surface area contributed by atoms with Crippen molar-refractivity contribution in [3.8, 4) is 0 Å². The van der Waals surface area contributed by atoms with Gasteiger partial charge in [0.25, 0.3) is 0 Å². The van der Waals surface area contributed by atoms with Crippen LogP contribution >= 0.6 is 35.3 Å². The van der Waals surface area contributed by atoms with E-state index in [0.717, 1.165) is 25.6 Å². The molecule has 2 N–H and O–H groups in total. The minimum absolute atomic E-state index is 0. The molecule has 2 aromatic rings. The Hall–Kier alpha value is -1.54. The van der Waals surface area contributed by atoms with Crippen molar-refractivity contribution in [1.82, 2.24) is 10.6 Å². The summed E-state index contributed by atoms with van der Waals surface area (Å²) in [7, 11) is 0. The lowest BCUT2D eigenvalue weighted by Crippen LogP contribution is -2.38. The van der Waals surface area contributed by atoms with Crippen LogP contribution < -0.4 is 15.5 Å². The van der Waals surface area contributed by atoms with Crippen molar-refractivity contribution in [1.29, 1.82) is 0 Å². The van der Waals surface area contributed by atoms with E-state index in [1.54, 1.807) is 11.3 Å². The SMILES string of the molecule is CCNC(=NCc1cccc(N2CC=CC2)c1)NC(C)c1cccs1.I. The fourth-order valence-electron chi connectivity index (χ4n) is 2.84. The van der Waals surface area contributed by atoms with Gasteiger partial charge in [-0.15, -0.1) is 35.3 Å². The normalized spacial score (nSPS) is 14.8. The van der Waals surface area contributed by atoms with E-state index in [4.69, 9.17) is 4.99 Å². The maximum atomic E-state index is 4.77. The lowest BCUT2D eigenvalue weighted by Gasteiger charge is -2.19. The van der Waals surface area contributed by atoms with Crippen LogP contribution in [-0.4, -0.2) is 25.6 Å². The van der Waals surface area contributed by atoms with Crippen LogP contribution in [0.5, 0.6) is 0 Å². The number of hydrogen-bond acceptors (Lipinski definition) is 3. The summed E-state index contributed by atoms with van der Waals surface area (Å²) in [6.07, 6.45) is 4.42. The quantitative estimate of drug-likeness (QED) is 0.275. The van der Waals surface area contributed by atoms with Gasteiger partial charge in [-0.25, -0.2) is 4.99 Å². The molecule has 4 nitrogen and oxygen atoms in total. The molecule has 0 fully saturated rings. The molecule has 0 aliphatic carbocycles. The summed E-state index contributed by atoms with van der Waals surface area (Å²) < 4.78 is 0. The first-order valence-electron chi connectivity index (χ1n) is 8.83. The second-order valence-electron chi connectivity index (χ2n) is 6.12. The summed E-state index contributed by atoms with van der Waals surface area (Å²) in [5, 5.41) is 8.94. The van der Waals surface area contributed by atoms with Crippen LogP contribution in [0.1, 0.15) is 30.3 Å². The Morgan fingerprint density at radius 1 is 1.23 bits per heavy atom. The average Bonchev–Trinajstić information content (AvgIpc) is 3.33. The largest absolute Gasteiger partial charge is 0.364 e. The highest BCUT2D eigenvalue weighted by Gasteiger charge is 2.10. The number of nitrogens with one attached hydrogen (secondary N) is 2. The van der Waals surface area contributed by atoms with Crippen LogP contribution in [0.25, 0.3) is 0 Å². The van der Waals surface area contributed by atoms with E-state index in [-0.39, 0.29) is 30.0 Å². The number of halogens is 1. The van der Waals surface area contributed by atoms with Gasteiger partial charge in [-0.1, -0.05) is 30.4 Å². The van der Waals surface area contributed by atoms with Crippen LogP contribution in [0.2, 0.25) is 0 Å². The first-order chi connectivity index (χ1) is 12.3. The van der Waals surface area contributed by atoms with Gasteiger partial charge in [-0.3, -0.25) is 0 Å². The van der Waals surface area contributed by atoms with Crippen molar-refractivity contribution < 1.29 is 0 Å². The zero-order valence-corrected chi connectivity index (χ0v) is 18.5. The molecule has 1 unspecified atom stereocenters. The molecule has 1 aromatic heterocycles. The highest BCUT2D eigenvalue weighted by molar-refractivity contribution is 14.0. The van der Waals surface area contributed by atoms with Crippen molar-refractivity contribution in [2.24, 2.45) is 4.99 Å². The van der Waals surface area contributed by atoms with E-state index in [1.807, 2.05) is 0 Å². The number of hydrogen-bond donors (Lipinski definition) is 2. The summed E-state index contributed by atoms with van der Waals surface area (Å²) in [5.74, 6) is 0.858. The molecule has 0 amide bonds. The van der Waals surface area contributed by atoms with Gasteiger partial charge >= 0.3 is 0 Å². The fourth-order valence-corrected chi connectivity index (χ4v) is 3.58. The number of rotatable bonds is 6. The van der Waals surface area contributed by atoms with Crippen LogP contribution in [0, 0.1) is 0 Å². The summed E-state index contributed by atoms with van der Waals surface area (Å²) in [4.78, 5) is 8.44. The van der Waals surface area contributed by atoms with Gasteiger partial charge in [0.2, 0.25) is 0 Å². The van der Waals surface area contributed by atoms with Crippen LogP contribution in [0.4, 0.5) is 5.69 Å². The highest BCUT2D eigenvalue weighted by atomic mass is 127. The molecular weight excluding hydrogens is 455 g/mol. The molecule has 140 valence electrons. The van der Waals surface area contributed by atoms with Crippen molar-refractivity contribution in [3.63, 3.8) is 0 Å². The molecule has 0 radical (unpaired) electrons. The third kappa shape index (κ3) is 5.74. The second-order valence-corrected chi connectivity index (χ2v) is 7.10. The average molecular weight is 482 g/mol. The van der Waals surface area contributed by atoms with E-state index in [1.165, 1.54) is 16.1 Å². The molecule has 1 aliphatic rings. The number of anilines is 1. The third-order valence-electron chi connectivity index (χ3n) is 4.18. The monoisotopic (exact) mass is 482 g/mol. The molecule has 2 heterocycles. The first-order valence-corrected chi connectivity index (χ1v) is 9.71. The Bertz CT molecular complexity index is 719. The van der Waals surface area contributed by atoms with Gasteiger partial charge in [0, 0.05) is 30.2 Å². The first kappa shape index (κ1) is 20.8. The molecule has 26 heavy (non-hydrogen) atoms. The van der Waals surface area contributed by atoms with Gasteiger partial charge in [0.15, 0.2) is 5.96 Å². The fraction of sp³-hybridized carbons (Fsp3) is 0.350. The summed E-state index contributed by atoms with van der Waals surface area (Å²) in [6, 6.07) is 13.2. The van der Waals surface area contributed by atoms with E-state index in [2.05, 4.69) is 83.3 Å². The minimum Gasteiger partial charge on any atom is -0.364 e. The number of benzene rings is 1. The Morgan fingerprint density at radius 3 is 2.73 bits per heavy atom. The smallest absolute Gasteiger partial charge is 0.192 e. The summed E-state index contributed by atoms with van der Waals surface area (Å²) >= 11 is 1.76. The van der Waals surface area contributed by atoms with Gasteiger partial charge < -0.3 is 15.5 Å². The van der Waals surface area contributed by atoms with Crippen LogP contribution in [-0.2, 0) is 6.54 Å². The molecule has 1 atom stereocenters. The molecule has 1 aliphatic heterocycles. The molecule has 0 saturated heterocycles. The van der Waals surface area contributed by atoms with E-state index >= 15 is 0 Å². The number of aliphatic imine (C=N–C) groups is 1. The highest BCUT2D eigenvalue weighted by Crippen LogP contribution is 2.20. The lowest BCUT2D eigenvalue weighted by molar-refractivity contribution is 0.698. The van der Waals surface area contributed by atoms with Crippen LogP contribution in [0.15, 0.2) is 58.9 Å². The van der Waals surface area contributed by atoms with Crippen molar-refractivity contribution in [3.05, 3.63) is 64.4 Å². The molecule has 0 spiro atoms. The Morgan fingerprint density at radius 2 is 2.04 bits per heavy atom. The minimum atomic E-state index is 0. The summed E-state index contributed by atoms with van der Waals surface area (Å²) in [5.41, 5.74) is 2.49. The Balaban J connectivity index is 0.00000243. The van der Waals surface area contributed by atoms with Crippen molar-refractivity contribution in [2.45, 2.75) is 26.4 Å². The Kier molecular flexibility index (Phi) is 8.44. The number of nitrogens with zero attached hydrogens (tertiary/aromatic N) is 2. The Labute approximate surface area is 177 Å². The second kappa shape index (κ2) is 10.6. The standard InChI is InChI=1S/C20H26N4S.HI/c1-3-21-20(23-16(2)19-10-7-13-25-19)22-15-17-8-6-9-18(14-17)24-11-4-5-12-24;/h4-10,13-14,16H,3,11-12,15H2,1-2H3,(H2,21,22,23);1H. The van der Waals surface area contributed by atoms with Crippen molar-refractivity contribution in [2.75, 3.05) is 24.5 Å².